The van der Waals surface area contributed by atoms with Crippen LogP contribution in [0.1, 0.15) is 43.6 Å². The first kappa shape index (κ1) is 23.1. The van der Waals surface area contributed by atoms with E-state index in [1.54, 1.807) is 7.11 Å². The third-order valence-electron chi connectivity index (χ3n) is 6.74. The van der Waals surface area contributed by atoms with Crippen LogP contribution in [0.25, 0.3) is 0 Å². The highest BCUT2D eigenvalue weighted by molar-refractivity contribution is 7.88. The zero-order valence-electron chi connectivity index (χ0n) is 18.9. The number of anilines is 1. The van der Waals surface area contributed by atoms with Crippen molar-refractivity contribution in [3.8, 4) is 5.75 Å². The van der Waals surface area contributed by atoms with Gasteiger partial charge in [-0.05, 0) is 55.7 Å². The Balaban J connectivity index is 1.41. The van der Waals surface area contributed by atoms with E-state index in [-0.39, 0.29) is 18.2 Å². The fourth-order valence-corrected chi connectivity index (χ4v) is 5.93. The Morgan fingerprint density at radius 1 is 1.00 bits per heavy atom. The maximum absolute atomic E-state index is 12.0. The molecular weight excluding hydrogens is 424 g/mol. The molecule has 1 N–H and O–H groups in total. The van der Waals surface area contributed by atoms with Gasteiger partial charge in [0.25, 0.3) is 0 Å². The molecule has 174 valence electrons. The molecule has 0 spiro atoms. The van der Waals surface area contributed by atoms with Crippen LogP contribution in [0.5, 0.6) is 5.75 Å². The predicted octanol–water partition coefficient (Wildman–Crippen LogP) is 3.93. The van der Waals surface area contributed by atoms with Gasteiger partial charge in [-0.25, -0.2) is 13.1 Å². The van der Waals surface area contributed by atoms with Gasteiger partial charge in [-0.15, -0.1) is 0 Å². The van der Waals surface area contributed by atoms with E-state index in [9.17, 15) is 8.42 Å². The molecule has 2 aliphatic rings. The van der Waals surface area contributed by atoms with Crippen molar-refractivity contribution in [3.63, 3.8) is 0 Å². The van der Waals surface area contributed by atoms with Crippen LogP contribution in [0, 0.1) is 0 Å². The third kappa shape index (κ3) is 5.82. The summed E-state index contributed by atoms with van der Waals surface area (Å²) in [5.74, 6) is 1.40. The summed E-state index contributed by atoms with van der Waals surface area (Å²) in [5.41, 5.74) is 2.45. The molecule has 7 heteroatoms. The minimum atomic E-state index is -3.30. The van der Waals surface area contributed by atoms with Crippen LogP contribution >= 0.6 is 0 Å². The summed E-state index contributed by atoms with van der Waals surface area (Å²) in [7, 11) is -1.64. The lowest BCUT2D eigenvalue weighted by molar-refractivity contribution is 0.0157. The summed E-state index contributed by atoms with van der Waals surface area (Å²) in [6.45, 7) is 1.28. The quantitative estimate of drug-likeness (QED) is 0.649. The second kappa shape index (κ2) is 10.2. The van der Waals surface area contributed by atoms with Gasteiger partial charge >= 0.3 is 0 Å². The fourth-order valence-electron chi connectivity index (χ4n) is 5.10. The number of sulfonamides is 1. The summed E-state index contributed by atoms with van der Waals surface area (Å²) in [4.78, 5) is 2.25. The maximum atomic E-state index is 12.0. The van der Waals surface area contributed by atoms with E-state index in [4.69, 9.17) is 9.47 Å². The normalized spacial score (nSPS) is 26.2. The number of ether oxygens (including phenoxy) is 2. The Kier molecular flexibility index (Phi) is 7.38. The van der Waals surface area contributed by atoms with E-state index in [1.807, 2.05) is 24.3 Å². The smallest absolute Gasteiger partial charge is 0.209 e. The van der Waals surface area contributed by atoms with Gasteiger partial charge in [0.1, 0.15) is 5.75 Å². The van der Waals surface area contributed by atoms with Crippen molar-refractivity contribution in [2.45, 2.75) is 56.2 Å². The largest absolute Gasteiger partial charge is 0.497 e. The minimum absolute atomic E-state index is 0.0522. The standard InChI is InChI=1S/C25H34N2O4S/c1-30-23-10-6-9-21(17-23)27-16-15-24(26-32(2,28)29)25(27)18-31-22-13-11-20(12-14-22)19-7-4-3-5-8-19/h3-10,17,20,22,24-26H,11-16,18H2,1-2H3/t20?,22?,24-,25-/m0/s1. The lowest BCUT2D eigenvalue weighted by Gasteiger charge is -2.34. The van der Waals surface area contributed by atoms with Crippen molar-refractivity contribution >= 4 is 15.7 Å². The number of rotatable bonds is 8. The molecule has 1 aliphatic heterocycles. The lowest BCUT2D eigenvalue weighted by atomic mass is 9.83. The SMILES string of the molecule is COc1cccc(N2CC[C@H](NS(C)(=O)=O)[C@@H]2COC2CCC(c3ccccc3)CC2)c1. The van der Waals surface area contributed by atoms with Gasteiger partial charge in [-0.3, -0.25) is 0 Å². The highest BCUT2D eigenvalue weighted by Gasteiger charge is 2.37. The molecule has 1 saturated carbocycles. The topological polar surface area (TPSA) is 67.9 Å². The zero-order chi connectivity index (χ0) is 22.6. The van der Waals surface area contributed by atoms with Crippen molar-refractivity contribution in [3.05, 3.63) is 60.2 Å². The number of nitrogens with one attached hydrogen (secondary N) is 1. The molecule has 2 fully saturated rings. The molecule has 2 atom stereocenters. The molecule has 0 unspecified atom stereocenters. The molecule has 0 radical (unpaired) electrons. The average molecular weight is 459 g/mol. The fraction of sp³-hybridized carbons (Fsp3) is 0.520. The molecule has 4 rings (SSSR count). The number of methoxy groups -OCH3 is 1. The second-order valence-electron chi connectivity index (χ2n) is 8.97. The van der Waals surface area contributed by atoms with Crippen LogP contribution in [0.15, 0.2) is 54.6 Å². The Morgan fingerprint density at radius 3 is 2.44 bits per heavy atom. The van der Waals surface area contributed by atoms with E-state index in [0.29, 0.717) is 12.5 Å². The third-order valence-corrected chi connectivity index (χ3v) is 7.47. The first-order valence-electron chi connectivity index (χ1n) is 11.5. The van der Waals surface area contributed by atoms with Crippen LogP contribution in [-0.4, -0.2) is 53.1 Å². The maximum Gasteiger partial charge on any atom is 0.209 e. The van der Waals surface area contributed by atoms with Crippen molar-refractivity contribution < 1.29 is 17.9 Å². The van der Waals surface area contributed by atoms with E-state index >= 15 is 0 Å². The van der Waals surface area contributed by atoms with Crippen LogP contribution in [0.2, 0.25) is 0 Å². The van der Waals surface area contributed by atoms with Gasteiger partial charge in [-0.2, -0.15) is 0 Å². The van der Waals surface area contributed by atoms with E-state index < -0.39 is 10.0 Å². The monoisotopic (exact) mass is 458 g/mol. The molecule has 0 bridgehead atoms. The lowest BCUT2D eigenvalue weighted by Crippen LogP contribution is -2.48. The molecule has 2 aromatic rings. The van der Waals surface area contributed by atoms with E-state index in [0.717, 1.165) is 50.1 Å². The molecule has 1 aliphatic carbocycles. The highest BCUT2D eigenvalue weighted by atomic mass is 32.2. The molecule has 32 heavy (non-hydrogen) atoms. The zero-order valence-corrected chi connectivity index (χ0v) is 19.8. The molecule has 1 saturated heterocycles. The first-order valence-corrected chi connectivity index (χ1v) is 13.4. The summed E-state index contributed by atoms with van der Waals surface area (Å²) in [6.07, 6.45) is 6.53. The molecule has 1 heterocycles. The first-order chi connectivity index (χ1) is 15.4. The van der Waals surface area contributed by atoms with Gasteiger partial charge in [0.2, 0.25) is 10.0 Å². The molecule has 0 amide bonds. The number of nitrogens with zero attached hydrogens (tertiary/aromatic N) is 1. The summed E-state index contributed by atoms with van der Waals surface area (Å²) in [6, 6.07) is 18.4. The molecule has 6 nitrogen and oxygen atoms in total. The van der Waals surface area contributed by atoms with Crippen LogP contribution in [0.3, 0.4) is 0 Å². The molecule has 2 aromatic carbocycles. The van der Waals surface area contributed by atoms with E-state index in [1.165, 1.54) is 11.8 Å². The van der Waals surface area contributed by atoms with Crippen LogP contribution in [-0.2, 0) is 14.8 Å². The minimum Gasteiger partial charge on any atom is -0.497 e. The second-order valence-corrected chi connectivity index (χ2v) is 10.7. The Labute approximate surface area is 192 Å². The number of benzene rings is 2. The van der Waals surface area contributed by atoms with Crippen molar-refractivity contribution in [1.82, 2.24) is 4.72 Å². The summed E-state index contributed by atoms with van der Waals surface area (Å²) in [5, 5.41) is 0. The highest BCUT2D eigenvalue weighted by Crippen LogP contribution is 2.35. The molecular formula is C25H34N2O4S. The predicted molar refractivity (Wildman–Crippen MR) is 128 cm³/mol. The van der Waals surface area contributed by atoms with Crippen molar-refractivity contribution in [2.75, 3.05) is 31.4 Å². The Hall–Kier alpha value is -2.09. The number of hydrogen-bond donors (Lipinski definition) is 1. The summed E-state index contributed by atoms with van der Waals surface area (Å²) >= 11 is 0. The van der Waals surface area contributed by atoms with Gasteiger partial charge in [0.15, 0.2) is 0 Å². The van der Waals surface area contributed by atoms with Crippen molar-refractivity contribution in [2.24, 2.45) is 0 Å². The van der Waals surface area contributed by atoms with Crippen LogP contribution < -0.4 is 14.4 Å². The van der Waals surface area contributed by atoms with Gasteiger partial charge in [0.05, 0.1) is 32.1 Å². The van der Waals surface area contributed by atoms with Crippen LogP contribution in [0.4, 0.5) is 5.69 Å². The average Bonchev–Trinajstić information content (AvgIpc) is 3.19. The van der Waals surface area contributed by atoms with E-state index in [2.05, 4.69) is 40.0 Å². The van der Waals surface area contributed by atoms with Crippen molar-refractivity contribution in [1.29, 1.82) is 0 Å². The Bertz CT molecular complexity index is 974. The number of hydrogen-bond acceptors (Lipinski definition) is 5. The molecule has 0 aromatic heterocycles. The van der Waals surface area contributed by atoms with Gasteiger partial charge in [-0.1, -0.05) is 36.4 Å². The van der Waals surface area contributed by atoms with Gasteiger partial charge < -0.3 is 14.4 Å². The van der Waals surface area contributed by atoms with Gasteiger partial charge in [0, 0.05) is 24.3 Å². The Morgan fingerprint density at radius 2 is 1.75 bits per heavy atom. The summed E-state index contributed by atoms with van der Waals surface area (Å²) < 4.78 is 38.5.